The maximum Gasteiger partial charge on any atom is 0.396 e. The first-order valence-corrected chi connectivity index (χ1v) is 14.4. The van der Waals surface area contributed by atoms with E-state index in [0.717, 1.165) is 5.75 Å². The lowest BCUT2D eigenvalue weighted by Crippen LogP contribution is -2.52. The quantitative estimate of drug-likeness (QED) is 0.283. The van der Waals surface area contributed by atoms with Gasteiger partial charge in [-0.05, 0) is 62.1 Å². The third-order valence-corrected chi connectivity index (χ3v) is 10.8. The molecule has 34 heavy (non-hydrogen) atoms. The fraction of sp³-hybridized carbons (Fsp3) is 0.583. The molecule has 1 aliphatic heterocycles. The number of fused-ring (bicyclic) bond motifs is 3. The van der Waals surface area contributed by atoms with E-state index in [1.54, 1.807) is 12.0 Å². The molecule has 2 bridgehead atoms. The molecule has 4 nitrogen and oxygen atoms in total. The number of alkyl halides is 4. The van der Waals surface area contributed by atoms with Crippen LogP contribution in [-0.4, -0.2) is 42.8 Å². The van der Waals surface area contributed by atoms with E-state index in [-0.39, 0.29) is 12.3 Å². The summed E-state index contributed by atoms with van der Waals surface area (Å²) < 4.78 is 89.4. The topological polar surface area (TPSA) is 66.4 Å². The average molecular weight is 521 g/mol. The largest absolute Gasteiger partial charge is 0.743 e. The molecule has 0 aromatic heterocycles. The minimum absolute atomic E-state index is 0.0407. The van der Waals surface area contributed by atoms with Crippen molar-refractivity contribution in [2.45, 2.75) is 54.6 Å². The fourth-order valence-electron chi connectivity index (χ4n) is 5.62. The Morgan fingerprint density at radius 3 is 2.15 bits per heavy atom. The van der Waals surface area contributed by atoms with Crippen LogP contribution in [0.25, 0.3) is 10.8 Å². The summed E-state index contributed by atoms with van der Waals surface area (Å²) in [6.07, 6.45) is 4.21. The van der Waals surface area contributed by atoms with Gasteiger partial charge in [0.25, 0.3) is 0 Å². The molecule has 1 heterocycles. The maximum absolute atomic E-state index is 13.5. The predicted molar refractivity (Wildman–Crippen MR) is 124 cm³/mol. The molecule has 2 saturated carbocycles. The van der Waals surface area contributed by atoms with Gasteiger partial charge in [0.15, 0.2) is 15.0 Å². The highest BCUT2D eigenvalue weighted by atomic mass is 32.2. The summed E-state index contributed by atoms with van der Waals surface area (Å²) >= 11 is 0. The molecule has 2 aromatic carbocycles. The van der Waals surface area contributed by atoms with Crippen LogP contribution in [0.4, 0.5) is 17.6 Å². The Kier molecular flexibility index (Phi) is 7.15. The van der Waals surface area contributed by atoms with Gasteiger partial charge in [-0.1, -0.05) is 24.6 Å². The first kappa shape index (κ1) is 25.6. The van der Waals surface area contributed by atoms with Crippen LogP contribution in [0.15, 0.2) is 41.3 Å². The number of halogens is 4. The van der Waals surface area contributed by atoms with E-state index >= 15 is 0 Å². The van der Waals surface area contributed by atoms with Gasteiger partial charge in [-0.3, -0.25) is 0 Å². The molecule has 3 atom stereocenters. The second-order valence-electron chi connectivity index (χ2n) is 9.29. The summed E-state index contributed by atoms with van der Waals surface area (Å²) in [5.74, 6) is -3.36. The molecule has 10 heteroatoms. The van der Waals surface area contributed by atoms with Gasteiger partial charge in [0.1, 0.15) is 17.3 Å². The first-order valence-electron chi connectivity index (χ1n) is 11.4. The monoisotopic (exact) mass is 520 g/mol. The minimum atomic E-state index is -6.35. The van der Waals surface area contributed by atoms with Gasteiger partial charge in [-0.2, -0.15) is 17.6 Å². The highest BCUT2D eigenvalue weighted by Gasteiger charge is 2.68. The zero-order valence-electron chi connectivity index (χ0n) is 18.8. The van der Waals surface area contributed by atoms with E-state index in [1.165, 1.54) is 35.1 Å². The van der Waals surface area contributed by atoms with Gasteiger partial charge in [0, 0.05) is 27.6 Å². The fourth-order valence-corrected chi connectivity index (χ4v) is 8.60. The maximum atomic E-state index is 13.5. The van der Waals surface area contributed by atoms with Crippen LogP contribution < -0.4 is 4.74 Å². The highest BCUT2D eigenvalue weighted by molar-refractivity contribution is 7.97. The van der Waals surface area contributed by atoms with Crippen LogP contribution in [-0.2, 0) is 21.0 Å². The van der Waals surface area contributed by atoms with Gasteiger partial charge in [-0.15, -0.1) is 0 Å². The van der Waals surface area contributed by atoms with Crippen molar-refractivity contribution in [3.63, 3.8) is 0 Å². The van der Waals surface area contributed by atoms with Gasteiger partial charge >= 0.3 is 11.2 Å². The van der Waals surface area contributed by atoms with Crippen LogP contribution in [0.5, 0.6) is 5.75 Å². The summed E-state index contributed by atoms with van der Waals surface area (Å²) in [6.45, 7) is 0. The van der Waals surface area contributed by atoms with Gasteiger partial charge < -0.3 is 9.29 Å². The van der Waals surface area contributed by atoms with Crippen LogP contribution in [0.2, 0.25) is 0 Å². The van der Waals surface area contributed by atoms with E-state index in [1.807, 2.05) is 0 Å². The lowest BCUT2D eigenvalue weighted by atomic mass is 9.84. The van der Waals surface area contributed by atoms with Gasteiger partial charge in [0.2, 0.25) is 0 Å². The zero-order valence-corrected chi connectivity index (χ0v) is 20.4. The van der Waals surface area contributed by atoms with E-state index in [4.69, 9.17) is 4.74 Å². The Bertz CT molecular complexity index is 1130. The van der Waals surface area contributed by atoms with Crippen molar-refractivity contribution in [3.8, 4) is 5.75 Å². The number of benzene rings is 2. The molecular weight excluding hydrogens is 492 g/mol. The molecule has 3 unspecified atom stereocenters. The summed E-state index contributed by atoms with van der Waals surface area (Å²) in [5, 5.41) is -2.88. The van der Waals surface area contributed by atoms with Crippen molar-refractivity contribution in [1.29, 1.82) is 0 Å². The number of methoxy groups -OCH3 is 1. The number of ether oxygens (including phenoxy) is 1. The van der Waals surface area contributed by atoms with Crippen LogP contribution in [0.1, 0.15) is 38.5 Å². The lowest BCUT2D eigenvalue weighted by Gasteiger charge is -2.36. The van der Waals surface area contributed by atoms with Gasteiger partial charge in [-0.25, -0.2) is 8.42 Å². The van der Waals surface area contributed by atoms with E-state index < -0.39 is 33.1 Å². The van der Waals surface area contributed by atoms with Gasteiger partial charge in [0.05, 0.1) is 7.11 Å². The van der Waals surface area contributed by atoms with Crippen molar-refractivity contribution >= 4 is 31.8 Å². The number of hydrogen-bond donors (Lipinski definition) is 0. The summed E-state index contributed by atoms with van der Waals surface area (Å²) in [7, 11) is -4.13. The second kappa shape index (κ2) is 9.50. The minimum Gasteiger partial charge on any atom is -0.743 e. The lowest BCUT2D eigenvalue weighted by molar-refractivity contribution is -0.202. The Morgan fingerprint density at radius 2 is 1.62 bits per heavy atom. The van der Waals surface area contributed by atoms with Crippen molar-refractivity contribution < 1.29 is 35.3 Å². The SMILES string of the molecule is COc1ccc([S+]2CCCC2)c2ccccc12.O=S(=O)([O-])C(F)(F)C(F)(F)C1CC2CCC1C2. The Morgan fingerprint density at radius 1 is 0.971 bits per heavy atom. The molecule has 188 valence electrons. The number of hydrogen-bond acceptors (Lipinski definition) is 4. The predicted octanol–water partition coefficient (Wildman–Crippen LogP) is 5.82. The Hall–Kier alpha value is -1.52. The molecule has 0 radical (unpaired) electrons. The van der Waals surface area contributed by atoms with Crippen LogP contribution in [0, 0.1) is 17.8 Å². The van der Waals surface area contributed by atoms with Crippen molar-refractivity contribution in [1.82, 2.24) is 0 Å². The number of rotatable bonds is 5. The Labute approximate surface area is 200 Å². The smallest absolute Gasteiger partial charge is 0.396 e. The molecule has 0 amide bonds. The van der Waals surface area contributed by atoms with E-state index in [2.05, 4.69) is 36.4 Å². The zero-order chi connectivity index (χ0) is 24.7. The van der Waals surface area contributed by atoms with Crippen molar-refractivity contribution in [2.24, 2.45) is 17.8 Å². The van der Waals surface area contributed by atoms with E-state index in [9.17, 15) is 30.5 Å². The first-order chi connectivity index (χ1) is 16.0. The average Bonchev–Trinajstić information content (AvgIpc) is 3.57. The van der Waals surface area contributed by atoms with Crippen molar-refractivity contribution in [2.75, 3.05) is 18.6 Å². The molecular formula is C24H28F4O4S2. The summed E-state index contributed by atoms with van der Waals surface area (Å²) in [4.78, 5) is 1.54. The summed E-state index contributed by atoms with van der Waals surface area (Å²) in [6, 6.07) is 13.0. The van der Waals surface area contributed by atoms with Crippen molar-refractivity contribution in [3.05, 3.63) is 36.4 Å². The summed E-state index contributed by atoms with van der Waals surface area (Å²) in [5.41, 5.74) is 0. The molecule has 0 spiro atoms. The molecule has 5 rings (SSSR count). The highest BCUT2D eigenvalue weighted by Crippen LogP contribution is 2.58. The molecule has 1 saturated heterocycles. The van der Waals surface area contributed by atoms with E-state index in [0.29, 0.717) is 30.2 Å². The third-order valence-electron chi connectivity index (χ3n) is 7.31. The van der Waals surface area contributed by atoms with Crippen LogP contribution >= 0.6 is 0 Å². The second-order valence-corrected chi connectivity index (χ2v) is 13.0. The molecule has 3 aliphatic rings. The standard InChI is InChI=1S/C15H17OS.C9H12F4O3S/c1-16-14-8-9-15(17-10-4-5-11-17)13-7-3-2-6-12(13)14;10-8(11,9(12,13)17(14,15)16)7-4-5-1-2-6(7)3-5/h2-3,6-9H,4-5,10-11H2,1H3;5-7H,1-4H2,(H,14,15,16)/q+1;/p-1. The molecule has 3 fully saturated rings. The molecule has 0 N–H and O–H groups in total. The molecule has 2 aliphatic carbocycles. The van der Waals surface area contributed by atoms with Crippen LogP contribution in [0.3, 0.4) is 0 Å². The third kappa shape index (κ3) is 4.53. The molecule has 2 aromatic rings. The normalized spacial score (nSPS) is 25.4. The Balaban J connectivity index is 0.000000161.